The van der Waals surface area contributed by atoms with Crippen LogP contribution in [0.1, 0.15) is 15.9 Å². The van der Waals surface area contributed by atoms with Crippen LogP contribution in [0.2, 0.25) is 0 Å². The summed E-state index contributed by atoms with van der Waals surface area (Å²) in [7, 11) is 0. The fourth-order valence-electron chi connectivity index (χ4n) is 2.28. The third kappa shape index (κ3) is 1.91. The predicted molar refractivity (Wildman–Crippen MR) is 74.3 cm³/mol. The average Bonchev–Trinajstić information content (AvgIpc) is 2.39. The molecule has 0 aromatic heterocycles. The number of fused-ring (bicyclic) bond motifs is 1. The van der Waals surface area contributed by atoms with Crippen LogP contribution in [-0.4, -0.2) is 12.3 Å². The number of carbonyl (C=O) groups is 1. The minimum atomic E-state index is 0.0441. The lowest BCUT2D eigenvalue weighted by molar-refractivity contribution is 0.0941. The maximum atomic E-state index is 12.2. The Labute approximate surface area is 111 Å². The van der Waals surface area contributed by atoms with E-state index in [1.54, 1.807) is 17.2 Å². The number of aryl methyl sites for hydroxylation is 1. The number of nitrogens with zero attached hydrogens (tertiary/aromatic N) is 1. The molecule has 19 heavy (non-hydrogen) atoms. The van der Waals surface area contributed by atoms with Crippen molar-refractivity contribution < 1.29 is 9.63 Å². The first-order valence-corrected chi connectivity index (χ1v) is 6.09. The fourth-order valence-corrected chi connectivity index (χ4v) is 2.28. The number of rotatable bonds is 1. The van der Waals surface area contributed by atoms with Crippen molar-refractivity contribution in [2.45, 2.75) is 6.92 Å². The highest BCUT2D eigenvalue weighted by Crippen LogP contribution is 2.32. The van der Waals surface area contributed by atoms with E-state index >= 15 is 0 Å². The van der Waals surface area contributed by atoms with E-state index in [-0.39, 0.29) is 12.3 Å². The van der Waals surface area contributed by atoms with Gasteiger partial charge in [0.15, 0.2) is 11.5 Å². The summed E-state index contributed by atoms with van der Waals surface area (Å²) in [5.74, 6) is 0.627. The molecule has 0 saturated heterocycles. The summed E-state index contributed by atoms with van der Waals surface area (Å²) < 4.78 is 0. The van der Waals surface area contributed by atoms with E-state index in [4.69, 9.17) is 10.6 Å². The van der Waals surface area contributed by atoms with Crippen LogP contribution in [0.5, 0.6) is 5.75 Å². The second kappa shape index (κ2) is 4.31. The van der Waals surface area contributed by atoms with E-state index in [9.17, 15) is 4.79 Å². The number of anilines is 2. The maximum Gasteiger partial charge on any atom is 0.189 e. The van der Waals surface area contributed by atoms with Gasteiger partial charge in [-0.2, -0.15) is 0 Å². The van der Waals surface area contributed by atoms with Gasteiger partial charge in [0.2, 0.25) is 0 Å². The number of hydrogen-bond donors (Lipinski definition) is 1. The average molecular weight is 254 g/mol. The standard InChI is InChI=1S/C15H14N2O2/c1-10-5-4-8-14-15(10)13(18)9-17(19-14)12-7-3-2-6-11(12)16/h2-8H,9,16H2,1H3. The van der Waals surface area contributed by atoms with E-state index < -0.39 is 0 Å². The summed E-state index contributed by atoms with van der Waals surface area (Å²) in [6.45, 7) is 2.08. The van der Waals surface area contributed by atoms with Gasteiger partial charge in [-0.1, -0.05) is 24.3 Å². The van der Waals surface area contributed by atoms with Crippen LogP contribution in [0.25, 0.3) is 0 Å². The van der Waals surface area contributed by atoms with Gasteiger partial charge in [-0.25, -0.2) is 5.06 Å². The Morgan fingerprint density at radius 2 is 1.95 bits per heavy atom. The highest BCUT2D eigenvalue weighted by molar-refractivity contribution is 6.04. The summed E-state index contributed by atoms with van der Waals surface area (Å²) in [5.41, 5.74) is 8.81. The van der Waals surface area contributed by atoms with Gasteiger partial charge in [0.05, 0.1) is 16.9 Å². The highest BCUT2D eigenvalue weighted by atomic mass is 16.7. The highest BCUT2D eigenvalue weighted by Gasteiger charge is 2.27. The number of hydrogen-bond acceptors (Lipinski definition) is 4. The molecule has 0 radical (unpaired) electrons. The van der Waals surface area contributed by atoms with Crippen molar-refractivity contribution >= 4 is 17.2 Å². The first kappa shape index (κ1) is 11.6. The SMILES string of the molecule is Cc1cccc2c1C(=O)CN(c1ccccc1N)O2. The van der Waals surface area contributed by atoms with Crippen LogP contribution >= 0.6 is 0 Å². The number of nitrogens with two attached hydrogens (primary N) is 1. The fraction of sp³-hybridized carbons (Fsp3) is 0.133. The Hall–Kier alpha value is -2.49. The summed E-state index contributed by atoms with van der Waals surface area (Å²) in [5, 5.41) is 1.54. The van der Waals surface area contributed by atoms with E-state index in [1.807, 2.05) is 37.3 Å². The Kier molecular flexibility index (Phi) is 2.63. The minimum absolute atomic E-state index is 0.0441. The Balaban J connectivity index is 2.03. The van der Waals surface area contributed by atoms with Crippen molar-refractivity contribution in [3.05, 3.63) is 53.6 Å². The number of para-hydroxylation sites is 2. The normalized spacial score (nSPS) is 13.9. The minimum Gasteiger partial charge on any atom is -0.397 e. The Bertz CT molecular complexity index is 652. The monoisotopic (exact) mass is 254 g/mol. The molecule has 2 N–H and O–H groups in total. The van der Waals surface area contributed by atoms with Crippen LogP contribution in [0.3, 0.4) is 0 Å². The summed E-state index contributed by atoms with van der Waals surface area (Å²) in [6, 6.07) is 12.9. The second-order valence-corrected chi connectivity index (χ2v) is 4.56. The number of nitrogen functional groups attached to an aromatic ring is 1. The Morgan fingerprint density at radius 3 is 2.74 bits per heavy atom. The molecule has 0 aliphatic carbocycles. The van der Waals surface area contributed by atoms with E-state index in [0.717, 1.165) is 5.56 Å². The first-order valence-electron chi connectivity index (χ1n) is 6.09. The second-order valence-electron chi connectivity index (χ2n) is 4.56. The van der Waals surface area contributed by atoms with Crippen molar-refractivity contribution in [2.75, 3.05) is 17.3 Å². The van der Waals surface area contributed by atoms with Crippen LogP contribution in [0, 0.1) is 6.92 Å². The molecule has 1 aliphatic heterocycles. The summed E-state index contributed by atoms with van der Waals surface area (Å²) in [4.78, 5) is 18.0. The van der Waals surface area contributed by atoms with Gasteiger partial charge in [-0.05, 0) is 30.7 Å². The van der Waals surface area contributed by atoms with E-state index in [0.29, 0.717) is 22.7 Å². The molecule has 0 saturated carbocycles. The lowest BCUT2D eigenvalue weighted by Crippen LogP contribution is -2.38. The number of benzene rings is 2. The third-order valence-electron chi connectivity index (χ3n) is 3.21. The quantitative estimate of drug-likeness (QED) is 0.795. The number of ketones is 1. The van der Waals surface area contributed by atoms with Gasteiger partial charge in [0.25, 0.3) is 0 Å². The molecule has 0 unspecified atom stereocenters. The predicted octanol–water partition coefficient (Wildman–Crippen LogP) is 2.57. The summed E-state index contributed by atoms with van der Waals surface area (Å²) >= 11 is 0. The van der Waals surface area contributed by atoms with Crippen LogP contribution in [-0.2, 0) is 0 Å². The largest absolute Gasteiger partial charge is 0.397 e. The molecule has 1 aliphatic rings. The zero-order valence-corrected chi connectivity index (χ0v) is 10.6. The molecule has 0 atom stereocenters. The first-order chi connectivity index (χ1) is 9.16. The molecular formula is C15H14N2O2. The van der Waals surface area contributed by atoms with E-state index in [1.165, 1.54) is 0 Å². The van der Waals surface area contributed by atoms with Gasteiger partial charge < -0.3 is 10.6 Å². The van der Waals surface area contributed by atoms with Crippen LogP contribution < -0.4 is 15.6 Å². The van der Waals surface area contributed by atoms with Crippen molar-refractivity contribution in [3.8, 4) is 5.75 Å². The third-order valence-corrected chi connectivity index (χ3v) is 3.21. The number of hydroxylamine groups is 1. The van der Waals surface area contributed by atoms with Crippen molar-refractivity contribution in [2.24, 2.45) is 0 Å². The molecular weight excluding hydrogens is 240 g/mol. The van der Waals surface area contributed by atoms with Gasteiger partial charge in [0, 0.05) is 0 Å². The topological polar surface area (TPSA) is 55.6 Å². The van der Waals surface area contributed by atoms with Crippen molar-refractivity contribution in [1.82, 2.24) is 0 Å². The lowest BCUT2D eigenvalue weighted by Gasteiger charge is -2.30. The van der Waals surface area contributed by atoms with Gasteiger partial charge in [0.1, 0.15) is 6.54 Å². The van der Waals surface area contributed by atoms with Crippen LogP contribution in [0.4, 0.5) is 11.4 Å². The molecule has 0 amide bonds. The van der Waals surface area contributed by atoms with Crippen molar-refractivity contribution in [1.29, 1.82) is 0 Å². The number of carbonyl (C=O) groups excluding carboxylic acids is 1. The van der Waals surface area contributed by atoms with E-state index in [2.05, 4.69) is 0 Å². The van der Waals surface area contributed by atoms with Gasteiger partial charge in [-0.15, -0.1) is 0 Å². The molecule has 3 rings (SSSR count). The van der Waals surface area contributed by atoms with Gasteiger partial charge in [-0.3, -0.25) is 4.79 Å². The van der Waals surface area contributed by atoms with Gasteiger partial charge >= 0.3 is 0 Å². The van der Waals surface area contributed by atoms with Crippen LogP contribution in [0.15, 0.2) is 42.5 Å². The smallest absolute Gasteiger partial charge is 0.189 e. The molecule has 2 aromatic rings. The molecule has 4 heteroatoms. The molecule has 1 heterocycles. The maximum absolute atomic E-state index is 12.2. The molecule has 0 spiro atoms. The molecule has 0 fully saturated rings. The number of Topliss-reactive ketones (excluding diaryl/α,β-unsaturated/α-hetero) is 1. The molecule has 2 aromatic carbocycles. The summed E-state index contributed by atoms with van der Waals surface area (Å²) in [6.07, 6.45) is 0. The molecule has 4 nitrogen and oxygen atoms in total. The zero-order valence-electron chi connectivity index (χ0n) is 10.6. The molecule has 0 bridgehead atoms. The lowest BCUT2D eigenvalue weighted by atomic mass is 10.0. The Morgan fingerprint density at radius 1 is 1.16 bits per heavy atom. The van der Waals surface area contributed by atoms with Crippen molar-refractivity contribution in [3.63, 3.8) is 0 Å². The zero-order chi connectivity index (χ0) is 13.4. The molecule has 96 valence electrons.